The number of nitrogens with one attached hydrogen (secondary N) is 1. The summed E-state index contributed by atoms with van der Waals surface area (Å²) in [7, 11) is 0. The number of hydrogen-bond acceptors (Lipinski definition) is 3. The molecule has 16 heavy (non-hydrogen) atoms. The highest BCUT2D eigenvalue weighted by atomic mass is 19.4. The van der Waals surface area contributed by atoms with Crippen LogP contribution in [0, 0.1) is 0 Å². The molecular formula is C10H18F3NO2. The minimum atomic E-state index is -4.54. The SMILES string of the molecule is C[C@@H](CO)NC1CCC(O)(C(F)(F)F)CC1. The second-order valence-electron chi connectivity index (χ2n) is 4.55. The van der Waals surface area contributed by atoms with Crippen LogP contribution in [0.2, 0.25) is 0 Å². The average Bonchev–Trinajstić information content (AvgIpc) is 2.20. The molecule has 0 radical (unpaired) electrons. The third kappa shape index (κ3) is 3.09. The molecule has 1 saturated carbocycles. The van der Waals surface area contributed by atoms with Crippen LogP contribution >= 0.6 is 0 Å². The maximum Gasteiger partial charge on any atom is 0.417 e. The van der Waals surface area contributed by atoms with Crippen LogP contribution in [0.4, 0.5) is 13.2 Å². The van der Waals surface area contributed by atoms with Crippen molar-refractivity contribution in [1.82, 2.24) is 5.32 Å². The van der Waals surface area contributed by atoms with Gasteiger partial charge in [0.15, 0.2) is 5.60 Å². The van der Waals surface area contributed by atoms with E-state index in [1.165, 1.54) is 0 Å². The molecule has 0 heterocycles. The van der Waals surface area contributed by atoms with Gasteiger partial charge in [0.1, 0.15) is 0 Å². The van der Waals surface area contributed by atoms with Gasteiger partial charge in [-0.15, -0.1) is 0 Å². The van der Waals surface area contributed by atoms with E-state index in [4.69, 9.17) is 5.11 Å². The van der Waals surface area contributed by atoms with E-state index in [2.05, 4.69) is 5.32 Å². The van der Waals surface area contributed by atoms with Crippen LogP contribution in [0.1, 0.15) is 32.6 Å². The van der Waals surface area contributed by atoms with Crippen LogP contribution in [-0.4, -0.2) is 40.7 Å². The van der Waals surface area contributed by atoms with E-state index in [1.807, 2.05) is 0 Å². The number of hydrogen-bond donors (Lipinski definition) is 3. The Hall–Kier alpha value is -0.330. The quantitative estimate of drug-likeness (QED) is 0.695. The highest BCUT2D eigenvalue weighted by Crippen LogP contribution is 2.41. The van der Waals surface area contributed by atoms with Gasteiger partial charge in [-0.05, 0) is 32.6 Å². The van der Waals surface area contributed by atoms with Crippen LogP contribution in [0.15, 0.2) is 0 Å². The summed E-state index contributed by atoms with van der Waals surface area (Å²) in [6.07, 6.45) is -4.53. The van der Waals surface area contributed by atoms with E-state index in [-0.39, 0.29) is 44.4 Å². The van der Waals surface area contributed by atoms with E-state index in [1.54, 1.807) is 6.92 Å². The highest BCUT2D eigenvalue weighted by Gasteiger charge is 2.54. The average molecular weight is 241 g/mol. The van der Waals surface area contributed by atoms with Crippen LogP contribution in [0.3, 0.4) is 0 Å². The molecular weight excluding hydrogens is 223 g/mol. The molecule has 3 nitrogen and oxygen atoms in total. The molecule has 0 aromatic rings. The van der Waals surface area contributed by atoms with E-state index in [0.717, 1.165) is 0 Å². The first-order chi connectivity index (χ1) is 7.28. The number of rotatable bonds is 3. The van der Waals surface area contributed by atoms with Crippen LogP contribution < -0.4 is 5.32 Å². The minimum Gasteiger partial charge on any atom is -0.395 e. The standard InChI is InChI=1S/C10H18F3NO2/c1-7(6-15)14-8-2-4-9(16,5-3-8)10(11,12)13/h7-8,14-16H,2-6H2,1H3/t7-,8?,9?/m0/s1. The van der Waals surface area contributed by atoms with Crippen LogP contribution in [0.25, 0.3) is 0 Å². The van der Waals surface area contributed by atoms with Crippen molar-refractivity contribution < 1.29 is 23.4 Å². The zero-order chi connectivity index (χ0) is 12.4. The Kier molecular flexibility index (Phi) is 4.20. The molecule has 0 bridgehead atoms. The van der Waals surface area contributed by atoms with E-state index in [9.17, 15) is 18.3 Å². The van der Waals surface area contributed by atoms with Crippen molar-refractivity contribution >= 4 is 0 Å². The van der Waals surface area contributed by atoms with Crippen LogP contribution in [-0.2, 0) is 0 Å². The van der Waals surface area contributed by atoms with Gasteiger partial charge in [-0.2, -0.15) is 13.2 Å². The van der Waals surface area contributed by atoms with Gasteiger partial charge in [0.25, 0.3) is 0 Å². The smallest absolute Gasteiger partial charge is 0.395 e. The maximum absolute atomic E-state index is 12.5. The van der Waals surface area contributed by atoms with Crippen molar-refractivity contribution in [2.24, 2.45) is 0 Å². The zero-order valence-corrected chi connectivity index (χ0v) is 9.22. The lowest BCUT2D eigenvalue weighted by atomic mass is 9.81. The maximum atomic E-state index is 12.5. The number of aliphatic hydroxyl groups is 2. The van der Waals surface area contributed by atoms with E-state index in [0.29, 0.717) is 0 Å². The molecule has 6 heteroatoms. The lowest BCUT2D eigenvalue weighted by Crippen LogP contribution is -2.51. The third-order valence-electron chi connectivity index (χ3n) is 3.13. The Morgan fingerprint density at radius 1 is 1.38 bits per heavy atom. The van der Waals surface area contributed by atoms with Crippen molar-refractivity contribution in [2.45, 2.75) is 56.5 Å². The van der Waals surface area contributed by atoms with E-state index < -0.39 is 11.8 Å². The van der Waals surface area contributed by atoms with Gasteiger partial charge in [-0.1, -0.05) is 0 Å². The fourth-order valence-corrected chi connectivity index (χ4v) is 2.00. The molecule has 0 aromatic heterocycles. The summed E-state index contributed by atoms with van der Waals surface area (Å²) in [5, 5.41) is 21.2. The molecule has 0 amide bonds. The van der Waals surface area contributed by atoms with Crippen molar-refractivity contribution in [3.63, 3.8) is 0 Å². The van der Waals surface area contributed by atoms with Crippen molar-refractivity contribution in [2.75, 3.05) is 6.61 Å². The van der Waals surface area contributed by atoms with Gasteiger partial charge < -0.3 is 15.5 Å². The fraction of sp³-hybridized carbons (Fsp3) is 1.00. The second kappa shape index (κ2) is 4.89. The summed E-state index contributed by atoms with van der Waals surface area (Å²) in [5.41, 5.74) is -2.52. The Bertz CT molecular complexity index is 225. The van der Waals surface area contributed by atoms with Crippen LogP contribution in [0.5, 0.6) is 0 Å². The first-order valence-electron chi connectivity index (χ1n) is 5.44. The molecule has 96 valence electrons. The van der Waals surface area contributed by atoms with Crippen molar-refractivity contribution in [1.29, 1.82) is 0 Å². The summed E-state index contributed by atoms with van der Waals surface area (Å²) >= 11 is 0. The summed E-state index contributed by atoms with van der Waals surface area (Å²) in [4.78, 5) is 0. The molecule has 3 N–H and O–H groups in total. The van der Waals surface area contributed by atoms with Crippen molar-refractivity contribution in [3.05, 3.63) is 0 Å². The third-order valence-corrected chi connectivity index (χ3v) is 3.13. The van der Waals surface area contributed by atoms with Gasteiger partial charge in [0, 0.05) is 12.1 Å². The lowest BCUT2D eigenvalue weighted by Gasteiger charge is -2.38. The van der Waals surface area contributed by atoms with Gasteiger partial charge in [0.2, 0.25) is 0 Å². The Morgan fingerprint density at radius 2 is 1.88 bits per heavy atom. The molecule has 1 fully saturated rings. The van der Waals surface area contributed by atoms with Gasteiger partial charge in [0.05, 0.1) is 6.61 Å². The van der Waals surface area contributed by atoms with Gasteiger partial charge in [-0.25, -0.2) is 0 Å². The predicted molar refractivity (Wildman–Crippen MR) is 52.9 cm³/mol. The van der Waals surface area contributed by atoms with Gasteiger partial charge in [-0.3, -0.25) is 0 Å². The normalized spacial score (nSPS) is 33.8. The molecule has 0 aromatic carbocycles. The number of halogens is 3. The molecule has 1 rings (SSSR count). The highest BCUT2D eigenvalue weighted by molar-refractivity contribution is 4.93. The molecule has 0 saturated heterocycles. The van der Waals surface area contributed by atoms with E-state index >= 15 is 0 Å². The molecule has 0 unspecified atom stereocenters. The zero-order valence-electron chi connectivity index (χ0n) is 9.22. The number of alkyl halides is 3. The summed E-state index contributed by atoms with van der Waals surface area (Å²) in [6.45, 7) is 1.73. The first-order valence-corrected chi connectivity index (χ1v) is 5.44. The predicted octanol–water partition coefficient (Wildman–Crippen LogP) is 1.19. The molecule has 0 spiro atoms. The van der Waals surface area contributed by atoms with Gasteiger partial charge >= 0.3 is 6.18 Å². The number of aliphatic hydroxyl groups excluding tert-OH is 1. The topological polar surface area (TPSA) is 52.5 Å². The summed E-state index contributed by atoms with van der Waals surface area (Å²) in [5.74, 6) is 0. The Morgan fingerprint density at radius 3 is 2.25 bits per heavy atom. The molecule has 1 aliphatic rings. The summed E-state index contributed by atoms with van der Waals surface area (Å²) < 4.78 is 37.4. The lowest BCUT2D eigenvalue weighted by molar-refractivity contribution is -0.270. The van der Waals surface area contributed by atoms with Crippen molar-refractivity contribution in [3.8, 4) is 0 Å². The molecule has 1 atom stereocenters. The fourth-order valence-electron chi connectivity index (χ4n) is 2.00. The Balaban J connectivity index is 2.45. The first kappa shape index (κ1) is 13.7. The Labute approximate surface area is 92.7 Å². The summed E-state index contributed by atoms with van der Waals surface area (Å²) in [6, 6.07) is -0.174. The monoisotopic (exact) mass is 241 g/mol. The largest absolute Gasteiger partial charge is 0.417 e. The second-order valence-corrected chi connectivity index (χ2v) is 4.55. The molecule has 0 aliphatic heterocycles. The molecule has 1 aliphatic carbocycles. The minimum absolute atomic E-state index is 0.0416.